The van der Waals surface area contributed by atoms with E-state index in [2.05, 4.69) is 191 Å². The van der Waals surface area contributed by atoms with E-state index in [0.29, 0.717) is 17.2 Å². The molecule has 92 heavy (non-hydrogen) atoms. The minimum atomic E-state index is -0.313. The summed E-state index contributed by atoms with van der Waals surface area (Å²) in [5.41, 5.74) is 18.9. The molecule has 8 heterocycles. The van der Waals surface area contributed by atoms with Crippen molar-refractivity contribution in [2.75, 3.05) is 33.7 Å². The first kappa shape index (κ1) is 51.8. The van der Waals surface area contributed by atoms with E-state index >= 15 is 0 Å². The molecule has 0 amide bonds. The molecule has 14 aromatic rings. The summed E-state index contributed by atoms with van der Waals surface area (Å²) >= 11 is 3.78. The van der Waals surface area contributed by atoms with Gasteiger partial charge in [0.05, 0.1) is 11.4 Å². The number of hydrogen-bond acceptors (Lipinski definition) is 11. The zero-order chi connectivity index (χ0) is 60.4. The van der Waals surface area contributed by atoms with Crippen LogP contribution in [0.3, 0.4) is 0 Å². The minimum absolute atomic E-state index is 0.152. The van der Waals surface area contributed by atoms with Crippen LogP contribution in [0.5, 0.6) is 57.5 Å². The van der Waals surface area contributed by atoms with Gasteiger partial charge in [-0.25, -0.2) is 0 Å². The molecule has 12 aromatic carbocycles. The predicted octanol–water partition coefficient (Wildman–Crippen LogP) is 15.0. The van der Waals surface area contributed by atoms with Crippen molar-refractivity contribution < 1.29 is 23.7 Å². The topological polar surface area (TPSA) is 59.1 Å². The standard InChI is InChI=1S/C78H49B3N4O5S2/c1-82-60-44-66-58(42-56(60)80-72-62(82)36-51(86-48-26-12-5-13-27-48)38-64(72)84(46-22-8-3-9-23-46)75-54-32-18-20-34-70(54)91-77(75)80)79-59-43-57-61(45-67(59)90-69-41-53(40-68(89-66)74(69)79)88-50-30-16-7-17-31-50)83(2)63-37-52(87-49-28-14-6-15-29-49)39-65-73(63)81(57)78-76(55-33-19-21-35-71(55)92-78)85(65)47-24-10-4-11-25-47/h3-45H,1-2H3. The molecule has 0 aliphatic carbocycles. The fourth-order valence-corrected chi connectivity index (χ4v) is 18.0. The average molecular weight is 1220 g/mol. The van der Waals surface area contributed by atoms with Gasteiger partial charge in [0.1, 0.15) is 57.5 Å². The molecule has 0 unspecified atom stereocenters. The van der Waals surface area contributed by atoms with Crippen LogP contribution >= 0.6 is 22.7 Å². The lowest BCUT2D eigenvalue weighted by Gasteiger charge is -2.44. The van der Waals surface area contributed by atoms with Gasteiger partial charge >= 0.3 is 0 Å². The van der Waals surface area contributed by atoms with Gasteiger partial charge in [0.2, 0.25) is 0 Å². The van der Waals surface area contributed by atoms with Gasteiger partial charge in [0, 0.05) is 143 Å². The van der Waals surface area contributed by atoms with Crippen LogP contribution in [0.4, 0.5) is 56.9 Å². The summed E-state index contributed by atoms with van der Waals surface area (Å²) in [6.07, 6.45) is 0. The van der Waals surface area contributed by atoms with Gasteiger partial charge in [0.15, 0.2) is 0 Å². The summed E-state index contributed by atoms with van der Waals surface area (Å²) in [6.45, 7) is -0.617. The van der Waals surface area contributed by atoms with E-state index in [1.807, 2.05) is 126 Å². The molecule has 9 nitrogen and oxygen atoms in total. The lowest BCUT2D eigenvalue weighted by atomic mass is 9.31. The van der Waals surface area contributed by atoms with Gasteiger partial charge in [-0.2, -0.15) is 0 Å². The van der Waals surface area contributed by atoms with Gasteiger partial charge < -0.3 is 43.3 Å². The number of nitrogens with zero attached hydrogens (tertiary/aromatic N) is 4. The van der Waals surface area contributed by atoms with E-state index in [1.165, 1.54) is 63.0 Å². The highest BCUT2D eigenvalue weighted by Crippen LogP contribution is 2.52. The number of fused-ring (bicyclic) bond motifs is 16. The normalized spacial score (nSPS) is 13.8. The van der Waals surface area contributed by atoms with Gasteiger partial charge in [-0.05, 0) is 106 Å². The van der Waals surface area contributed by atoms with Crippen molar-refractivity contribution >= 4 is 168 Å². The Labute approximate surface area is 539 Å². The summed E-state index contributed by atoms with van der Waals surface area (Å²) < 4.78 is 40.3. The van der Waals surface area contributed by atoms with Crippen molar-refractivity contribution in [1.29, 1.82) is 0 Å². The van der Waals surface area contributed by atoms with Crippen LogP contribution < -0.4 is 91.1 Å². The number of hydrogen-bond donors (Lipinski definition) is 0. The molecule has 2 aromatic heterocycles. The van der Waals surface area contributed by atoms with Crippen molar-refractivity contribution in [2.45, 2.75) is 0 Å². The Morgan fingerprint density at radius 2 is 0.663 bits per heavy atom. The van der Waals surface area contributed by atoms with Crippen LogP contribution in [0.15, 0.2) is 261 Å². The molecule has 0 radical (unpaired) electrons. The lowest BCUT2D eigenvalue weighted by molar-refractivity contribution is 0.443. The molecule has 432 valence electrons. The second-order valence-electron chi connectivity index (χ2n) is 24.3. The first-order chi connectivity index (χ1) is 45.4. The summed E-state index contributed by atoms with van der Waals surface area (Å²) in [5.74, 6) is 7.31. The van der Waals surface area contributed by atoms with E-state index in [0.717, 1.165) is 102 Å². The Hall–Kier alpha value is -11.0. The Bertz CT molecular complexity index is 5120. The summed E-state index contributed by atoms with van der Waals surface area (Å²) in [6, 6.07) is 92.1. The van der Waals surface area contributed by atoms with Crippen molar-refractivity contribution in [3.05, 3.63) is 261 Å². The Balaban J connectivity index is 0.825. The third kappa shape index (κ3) is 7.62. The van der Waals surface area contributed by atoms with E-state index in [1.54, 1.807) is 0 Å². The quantitative estimate of drug-likeness (QED) is 0.139. The SMILES string of the molecule is CN1c2cc3c(cc2B2c4sc5ccccc5c4N(c4ccccc4)c4cc(Oc5ccccc5)cc1c42)B1c2cc4c(cc2Oc2cc(Oc5ccccc5)cc(c21)O3)N(C)c1cc(Oc2ccccc2)cc2c1B4c1sc3ccccc3c1N2c1ccccc1. The zero-order valence-electron chi connectivity index (χ0n) is 49.7. The zero-order valence-corrected chi connectivity index (χ0v) is 51.3. The van der Waals surface area contributed by atoms with Gasteiger partial charge in [-0.3, -0.25) is 0 Å². The van der Waals surface area contributed by atoms with E-state index in [4.69, 9.17) is 23.7 Å². The van der Waals surface area contributed by atoms with Crippen LogP contribution in [0.1, 0.15) is 0 Å². The Morgan fingerprint density at radius 3 is 1.08 bits per heavy atom. The van der Waals surface area contributed by atoms with Crippen molar-refractivity contribution in [1.82, 2.24) is 0 Å². The second kappa shape index (κ2) is 19.7. The first-order valence-corrected chi connectivity index (χ1v) is 32.7. The summed E-state index contributed by atoms with van der Waals surface area (Å²) in [7, 11) is 4.39. The Kier molecular flexibility index (Phi) is 11.1. The smallest absolute Gasteiger partial charge is 0.264 e. The minimum Gasteiger partial charge on any atom is -0.458 e. The molecule has 0 N–H and O–H groups in total. The first-order valence-electron chi connectivity index (χ1n) is 31.1. The maximum Gasteiger partial charge on any atom is 0.264 e. The van der Waals surface area contributed by atoms with Crippen LogP contribution in [0.25, 0.3) is 20.2 Å². The monoisotopic (exact) mass is 1220 g/mol. The molecule has 14 heteroatoms. The van der Waals surface area contributed by atoms with Crippen LogP contribution in [0, 0.1) is 0 Å². The number of anilines is 10. The van der Waals surface area contributed by atoms with Gasteiger partial charge in [0.25, 0.3) is 20.1 Å². The number of thiophene rings is 2. The number of benzene rings is 12. The van der Waals surface area contributed by atoms with Crippen LogP contribution in [-0.4, -0.2) is 34.2 Å². The van der Waals surface area contributed by atoms with Crippen molar-refractivity contribution in [2.24, 2.45) is 0 Å². The van der Waals surface area contributed by atoms with Crippen LogP contribution in [0.2, 0.25) is 0 Å². The number of para-hydroxylation sites is 5. The van der Waals surface area contributed by atoms with Crippen molar-refractivity contribution in [3.63, 3.8) is 0 Å². The molecule has 0 atom stereocenters. The molecule has 0 fully saturated rings. The van der Waals surface area contributed by atoms with Crippen molar-refractivity contribution in [3.8, 4) is 57.5 Å². The molecule has 6 aliphatic rings. The number of rotatable bonds is 8. The van der Waals surface area contributed by atoms with Crippen LogP contribution in [-0.2, 0) is 0 Å². The van der Waals surface area contributed by atoms with E-state index < -0.39 is 0 Å². The average Bonchev–Trinajstić information content (AvgIpc) is 1.08. The highest BCUT2D eigenvalue weighted by Gasteiger charge is 2.50. The molecule has 0 saturated carbocycles. The van der Waals surface area contributed by atoms with E-state index in [-0.39, 0.29) is 20.1 Å². The maximum absolute atomic E-state index is 7.41. The maximum atomic E-state index is 7.41. The summed E-state index contributed by atoms with van der Waals surface area (Å²) in [4.78, 5) is 9.65. The Morgan fingerprint density at radius 1 is 0.304 bits per heavy atom. The summed E-state index contributed by atoms with van der Waals surface area (Å²) in [5, 5.41) is 2.42. The highest BCUT2D eigenvalue weighted by atomic mass is 32.1. The third-order valence-electron chi connectivity index (χ3n) is 19.2. The molecule has 6 aliphatic heterocycles. The second-order valence-corrected chi connectivity index (χ2v) is 26.5. The molecule has 0 bridgehead atoms. The fourth-order valence-electron chi connectivity index (χ4n) is 15.4. The number of ether oxygens (including phenoxy) is 5. The fraction of sp³-hybridized carbons (Fsp3) is 0.0256. The molecule has 20 rings (SSSR count). The van der Waals surface area contributed by atoms with Gasteiger partial charge in [-0.1, -0.05) is 140 Å². The third-order valence-corrected chi connectivity index (χ3v) is 21.7. The van der Waals surface area contributed by atoms with Gasteiger partial charge in [-0.15, -0.1) is 22.7 Å². The predicted molar refractivity (Wildman–Crippen MR) is 382 cm³/mol. The molecule has 0 spiro atoms. The highest BCUT2D eigenvalue weighted by molar-refractivity contribution is 7.34. The van der Waals surface area contributed by atoms with E-state index in [9.17, 15) is 0 Å². The largest absolute Gasteiger partial charge is 0.458 e. The molecule has 0 saturated heterocycles. The molecular weight excluding hydrogens is 1170 g/mol. The lowest BCUT2D eigenvalue weighted by Crippen LogP contribution is -2.64. The molecular formula is C78H49B3N4O5S2.